The van der Waals surface area contributed by atoms with Crippen LogP contribution in [0, 0.1) is 0 Å². The number of carboxylic acids is 2. The molecule has 1 aromatic carbocycles. The lowest BCUT2D eigenvalue weighted by atomic mass is 10.2. The van der Waals surface area contributed by atoms with E-state index < -0.39 is 11.9 Å². The molecular formula is C16H25ClO6S. The van der Waals surface area contributed by atoms with Gasteiger partial charge in [0.05, 0.1) is 4.90 Å². The van der Waals surface area contributed by atoms with Crippen LogP contribution in [0.2, 0.25) is 0 Å². The van der Waals surface area contributed by atoms with Gasteiger partial charge in [-0.3, -0.25) is 9.59 Å². The number of aliphatic carboxylic acids is 2. The fourth-order valence-corrected chi connectivity index (χ4v) is 2.47. The van der Waals surface area contributed by atoms with Gasteiger partial charge in [-0.05, 0) is 43.7 Å². The molecule has 0 saturated carbocycles. The van der Waals surface area contributed by atoms with Crippen LogP contribution in [0.5, 0.6) is 11.5 Å². The summed E-state index contributed by atoms with van der Waals surface area (Å²) in [5.41, 5.74) is 0. The molecule has 0 bridgehead atoms. The highest BCUT2D eigenvalue weighted by atomic mass is 35.5. The number of hydrogen-bond donors (Lipinski definition) is 4. The largest absolute Gasteiger partial charge is 0.508 e. The van der Waals surface area contributed by atoms with E-state index in [2.05, 4.69) is 0 Å². The van der Waals surface area contributed by atoms with Crippen molar-refractivity contribution < 1.29 is 30.0 Å². The van der Waals surface area contributed by atoms with E-state index in [1.54, 1.807) is 17.8 Å². The molecule has 6 nitrogen and oxygen atoms in total. The molecule has 0 amide bonds. The Hall–Kier alpha value is -1.60. The first-order valence-corrected chi connectivity index (χ1v) is 8.66. The lowest BCUT2D eigenvalue weighted by molar-refractivity contribution is -0.135. The van der Waals surface area contributed by atoms with Gasteiger partial charge in [0.15, 0.2) is 0 Å². The van der Waals surface area contributed by atoms with Crippen molar-refractivity contribution in [1.82, 2.24) is 0 Å². The van der Waals surface area contributed by atoms with Crippen LogP contribution in [0.25, 0.3) is 0 Å². The summed E-state index contributed by atoms with van der Waals surface area (Å²) in [6.07, 6.45) is 3.18. The van der Waals surface area contributed by atoms with Crippen molar-refractivity contribution >= 4 is 35.3 Å². The third-order valence-corrected chi connectivity index (χ3v) is 3.55. The van der Waals surface area contributed by atoms with Gasteiger partial charge in [-0.1, -0.05) is 6.42 Å². The van der Waals surface area contributed by atoms with E-state index in [1.165, 1.54) is 12.1 Å². The Morgan fingerprint density at radius 3 is 2.08 bits per heavy atom. The van der Waals surface area contributed by atoms with Crippen LogP contribution in [0.4, 0.5) is 0 Å². The van der Waals surface area contributed by atoms with Gasteiger partial charge in [0.2, 0.25) is 0 Å². The van der Waals surface area contributed by atoms with Crippen LogP contribution >= 0.6 is 23.4 Å². The smallest absolute Gasteiger partial charge is 0.300 e. The van der Waals surface area contributed by atoms with Crippen molar-refractivity contribution in [2.45, 2.75) is 50.3 Å². The monoisotopic (exact) mass is 380 g/mol. The van der Waals surface area contributed by atoms with Gasteiger partial charge in [-0.2, -0.15) is 0 Å². The van der Waals surface area contributed by atoms with Crippen LogP contribution in [-0.4, -0.2) is 43.5 Å². The maximum Gasteiger partial charge on any atom is 0.300 e. The molecule has 1 rings (SSSR count). The minimum atomic E-state index is -0.833. The second-order valence-electron chi connectivity index (χ2n) is 4.82. The molecule has 138 valence electrons. The number of thioether (sulfide) groups is 1. The summed E-state index contributed by atoms with van der Waals surface area (Å²) in [5.74, 6) is -0.316. The first kappa shape index (κ1) is 24.6. The van der Waals surface area contributed by atoms with Crippen molar-refractivity contribution in [2.24, 2.45) is 0 Å². The molecule has 0 fully saturated rings. The summed E-state index contributed by atoms with van der Waals surface area (Å²) in [5, 5.41) is 33.9. The summed E-state index contributed by atoms with van der Waals surface area (Å²) < 4.78 is 0. The van der Waals surface area contributed by atoms with Gasteiger partial charge in [0.25, 0.3) is 11.9 Å². The fourth-order valence-electron chi connectivity index (χ4n) is 1.33. The van der Waals surface area contributed by atoms with E-state index in [4.69, 9.17) is 31.4 Å². The minimum absolute atomic E-state index is 0.190. The van der Waals surface area contributed by atoms with Gasteiger partial charge in [0, 0.05) is 19.2 Å². The minimum Gasteiger partial charge on any atom is -0.508 e. The standard InChI is InChI=1S/C12H17ClO2S.2C2H4O2/c1-9(13)4-2-3-7-16-12-8-10(14)5-6-11(12)15;2*1-2(3)4/h5-6,8-9,14-15H,2-4,7H2,1H3;2*1H3,(H,3,4). The van der Waals surface area contributed by atoms with Crippen LogP contribution in [-0.2, 0) is 9.59 Å². The van der Waals surface area contributed by atoms with E-state index in [1.807, 2.05) is 6.92 Å². The number of alkyl halides is 1. The van der Waals surface area contributed by atoms with Crippen molar-refractivity contribution in [3.63, 3.8) is 0 Å². The molecule has 0 heterocycles. The number of unbranched alkanes of at least 4 members (excludes halogenated alkanes) is 1. The zero-order chi connectivity index (χ0) is 19.1. The molecule has 1 atom stereocenters. The number of phenolic OH excluding ortho intramolecular Hbond substituents is 2. The first-order chi connectivity index (χ1) is 11.1. The van der Waals surface area contributed by atoms with E-state index in [9.17, 15) is 10.2 Å². The summed E-state index contributed by atoms with van der Waals surface area (Å²) >= 11 is 7.40. The maximum absolute atomic E-state index is 9.53. The van der Waals surface area contributed by atoms with Crippen molar-refractivity contribution in [3.05, 3.63) is 18.2 Å². The molecular weight excluding hydrogens is 356 g/mol. The zero-order valence-corrected chi connectivity index (χ0v) is 15.6. The predicted molar refractivity (Wildman–Crippen MR) is 96.3 cm³/mol. The molecule has 0 spiro atoms. The van der Waals surface area contributed by atoms with E-state index in [0.29, 0.717) is 0 Å². The SMILES string of the molecule is CC(=O)O.CC(=O)O.CC(Cl)CCCCSc1cc(O)ccc1O. The van der Waals surface area contributed by atoms with Gasteiger partial charge < -0.3 is 20.4 Å². The average Bonchev–Trinajstić information content (AvgIpc) is 2.40. The second-order valence-corrected chi connectivity index (χ2v) is 6.70. The van der Waals surface area contributed by atoms with E-state index in [0.717, 1.165) is 43.8 Å². The molecule has 4 N–H and O–H groups in total. The predicted octanol–water partition coefficient (Wildman–Crippen LogP) is 4.17. The molecule has 1 aromatic rings. The van der Waals surface area contributed by atoms with Crippen LogP contribution < -0.4 is 0 Å². The summed E-state index contributed by atoms with van der Waals surface area (Å²) in [6.45, 7) is 4.16. The highest BCUT2D eigenvalue weighted by Gasteiger charge is 2.03. The second kappa shape index (κ2) is 15.0. The number of phenols is 2. The third-order valence-electron chi connectivity index (χ3n) is 2.20. The fraction of sp³-hybridized carbons (Fsp3) is 0.500. The number of carbonyl (C=O) groups is 2. The Morgan fingerprint density at radius 1 is 1.12 bits per heavy atom. The lowest BCUT2D eigenvalue weighted by Crippen LogP contribution is -1.91. The van der Waals surface area contributed by atoms with E-state index >= 15 is 0 Å². The van der Waals surface area contributed by atoms with Crippen molar-refractivity contribution in [3.8, 4) is 11.5 Å². The Labute approximate surface area is 151 Å². The van der Waals surface area contributed by atoms with E-state index in [-0.39, 0.29) is 16.9 Å². The number of rotatable bonds is 6. The summed E-state index contributed by atoms with van der Waals surface area (Å²) in [4.78, 5) is 18.7. The Morgan fingerprint density at radius 2 is 1.62 bits per heavy atom. The highest BCUT2D eigenvalue weighted by Crippen LogP contribution is 2.32. The number of hydrogen-bond acceptors (Lipinski definition) is 5. The number of halogens is 1. The number of aromatic hydroxyl groups is 2. The molecule has 0 aliphatic heterocycles. The van der Waals surface area contributed by atoms with Gasteiger partial charge in [0.1, 0.15) is 11.5 Å². The quantitative estimate of drug-likeness (QED) is 0.253. The normalized spacial score (nSPS) is 10.5. The topological polar surface area (TPSA) is 115 Å². The van der Waals surface area contributed by atoms with Crippen molar-refractivity contribution in [2.75, 3.05) is 5.75 Å². The van der Waals surface area contributed by atoms with Gasteiger partial charge in [-0.25, -0.2) is 0 Å². The van der Waals surface area contributed by atoms with Gasteiger partial charge >= 0.3 is 0 Å². The average molecular weight is 381 g/mol. The Bertz CT molecular complexity index is 473. The lowest BCUT2D eigenvalue weighted by Gasteiger charge is -2.05. The molecule has 0 radical (unpaired) electrons. The first-order valence-electron chi connectivity index (χ1n) is 7.24. The highest BCUT2D eigenvalue weighted by molar-refractivity contribution is 7.99. The number of carboxylic acid groups (broad SMARTS) is 2. The molecule has 0 aliphatic carbocycles. The molecule has 0 saturated heterocycles. The molecule has 24 heavy (non-hydrogen) atoms. The zero-order valence-electron chi connectivity index (χ0n) is 14.0. The van der Waals surface area contributed by atoms with Crippen molar-refractivity contribution in [1.29, 1.82) is 0 Å². The molecule has 8 heteroatoms. The van der Waals surface area contributed by atoms with Crippen LogP contribution in [0.15, 0.2) is 23.1 Å². The summed E-state index contributed by atoms with van der Waals surface area (Å²) in [7, 11) is 0. The molecule has 0 aliphatic rings. The maximum atomic E-state index is 9.53. The Balaban J connectivity index is 0. The summed E-state index contributed by atoms with van der Waals surface area (Å²) in [6, 6.07) is 4.58. The van der Waals surface area contributed by atoms with Crippen LogP contribution in [0.3, 0.4) is 0 Å². The molecule has 0 aromatic heterocycles. The molecule has 1 unspecified atom stereocenters. The third kappa shape index (κ3) is 20.4. The number of benzene rings is 1. The Kier molecular flexibility index (Phi) is 15.4. The van der Waals surface area contributed by atoms with Gasteiger partial charge in [-0.15, -0.1) is 23.4 Å². The van der Waals surface area contributed by atoms with Crippen LogP contribution in [0.1, 0.15) is 40.0 Å².